The number of benzene rings is 1. The van der Waals surface area contributed by atoms with E-state index in [1.54, 1.807) is 0 Å². The van der Waals surface area contributed by atoms with Gasteiger partial charge in [-0.05, 0) is 30.5 Å². The van der Waals surface area contributed by atoms with Crippen molar-refractivity contribution in [2.24, 2.45) is 0 Å². The van der Waals surface area contributed by atoms with Crippen molar-refractivity contribution in [3.8, 4) is 5.75 Å². The van der Waals surface area contributed by atoms with Gasteiger partial charge in [0, 0.05) is 22.2 Å². The molecule has 1 aromatic carbocycles. The number of hydrogen-bond donors (Lipinski definition) is 0. The van der Waals surface area contributed by atoms with Gasteiger partial charge in [-0.2, -0.15) is 4.39 Å². The first-order valence-electron chi connectivity index (χ1n) is 19.5. The van der Waals surface area contributed by atoms with E-state index in [2.05, 4.69) is 40.8 Å². The van der Waals surface area contributed by atoms with Crippen molar-refractivity contribution in [3.05, 3.63) is 29.3 Å². The Morgan fingerprint density at radius 3 is 1.35 bits per heavy atom. The Morgan fingerprint density at radius 2 is 0.935 bits per heavy atom. The van der Waals surface area contributed by atoms with E-state index in [1.165, 1.54) is 94.1 Å². The number of rotatable bonds is 25. The minimum atomic E-state index is -2.72. The molecule has 0 aromatic heterocycles. The van der Waals surface area contributed by atoms with Crippen LogP contribution in [0.2, 0.25) is 67.0 Å². The largest absolute Gasteiger partial charge is 0.539 e. The molecule has 1 saturated carbocycles. The lowest BCUT2D eigenvalue weighted by molar-refractivity contribution is 0.364. The van der Waals surface area contributed by atoms with E-state index >= 15 is 8.78 Å². The van der Waals surface area contributed by atoms with Crippen LogP contribution in [0.4, 0.5) is 17.6 Å². The molecule has 0 heterocycles. The molecule has 1 fully saturated rings. The Balaban J connectivity index is 2.06. The molecule has 1 aromatic rings. The fourth-order valence-corrected chi connectivity index (χ4v) is 17.6. The second-order valence-corrected chi connectivity index (χ2v) is 30.8. The van der Waals surface area contributed by atoms with Crippen LogP contribution in [0.15, 0.2) is 6.07 Å². The topological polar surface area (TPSA) is 9.23 Å². The van der Waals surface area contributed by atoms with Crippen molar-refractivity contribution in [3.63, 3.8) is 0 Å². The highest BCUT2D eigenvalue weighted by molar-refractivity contribution is 6.79. The molecule has 1 aliphatic rings. The van der Waals surface area contributed by atoms with E-state index < -0.39 is 53.5 Å². The van der Waals surface area contributed by atoms with E-state index in [0.29, 0.717) is 11.6 Å². The molecule has 0 aliphatic heterocycles. The molecule has 1 aliphatic carbocycles. The Hall–Kier alpha value is -0.609. The van der Waals surface area contributed by atoms with Crippen molar-refractivity contribution < 1.29 is 22.0 Å². The first kappa shape index (κ1) is 41.6. The van der Waals surface area contributed by atoms with Gasteiger partial charge in [-0.15, -0.1) is 0 Å². The summed E-state index contributed by atoms with van der Waals surface area (Å²) in [7, 11) is -4.77. The average Bonchev–Trinajstić information content (AvgIpc) is 3.07. The van der Waals surface area contributed by atoms with Gasteiger partial charge in [-0.25, -0.2) is 13.2 Å². The zero-order chi connectivity index (χ0) is 34.1. The third kappa shape index (κ3) is 13.4. The highest BCUT2D eigenvalue weighted by Crippen LogP contribution is 2.45. The first-order chi connectivity index (χ1) is 22.0. The molecule has 1 nitrogen and oxygen atoms in total. The predicted octanol–water partition coefficient (Wildman–Crippen LogP) is 14.8. The summed E-state index contributed by atoms with van der Waals surface area (Å²) >= 11 is 0. The lowest BCUT2D eigenvalue weighted by atomic mass is 10.0. The van der Waals surface area contributed by atoms with Gasteiger partial charge in [0.25, 0.3) is 8.32 Å². The average molecular weight is 703 g/mol. The van der Waals surface area contributed by atoms with Gasteiger partial charge in [0.1, 0.15) is 0 Å². The van der Waals surface area contributed by atoms with Crippen LogP contribution in [0, 0.1) is 23.3 Å². The molecule has 0 atom stereocenters. The highest BCUT2D eigenvalue weighted by atomic mass is 28.4. The Kier molecular flexibility index (Phi) is 19.4. The normalized spacial score (nSPS) is 15.1. The summed E-state index contributed by atoms with van der Waals surface area (Å²) < 4.78 is 64.9. The van der Waals surface area contributed by atoms with Gasteiger partial charge in [-0.1, -0.05) is 173 Å². The van der Waals surface area contributed by atoms with Crippen molar-refractivity contribution in [1.29, 1.82) is 0 Å². The van der Waals surface area contributed by atoms with Gasteiger partial charge in [0.15, 0.2) is 23.2 Å². The number of halogens is 4. The first-order valence-corrected chi connectivity index (χ1v) is 28.1. The third-order valence-electron chi connectivity index (χ3n) is 12.4. The van der Waals surface area contributed by atoms with E-state index in [0.717, 1.165) is 63.5 Å². The summed E-state index contributed by atoms with van der Waals surface area (Å²) in [6.45, 7) is 14.5. The van der Waals surface area contributed by atoms with E-state index in [4.69, 9.17) is 4.43 Å². The lowest BCUT2D eigenvalue weighted by Gasteiger charge is -2.41. The summed E-state index contributed by atoms with van der Waals surface area (Å²) in [6, 6.07) is 10.5. The van der Waals surface area contributed by atoms with Gasteiger partial charge in [0.05, 0.1) is 0 Å². The van der Waals surface area contributed by atoms with E-state index in [-0.39, 0.29) is 0 Å². The second kappa shape index (κ2) is 21.5. The molecule has 0 amide bonds. The maximum Gasteiger partial charge on any atom is 0.254 e. The quantitative estimate of drug-likeness (QED) is 0.0324. The number of unbranched alkanes of at least 4 members (excludes halogenated alkanes) is 10. The zero-order valence-corrected chi connectivity index (χ0v) is 33.8. The molecular weight excluding hydrogens is 633 g/mol. The van der Waals surface area contributed by atoms with Crippen LogP contribution in [0.1, 0.15) is 137 Å². The minimum absolute atomic E-state index is 0.310. The molecule has 8 heteroatoms. The van der Waals surface area contributed by atoms with Crippen molar-refractivity contribution >= 4 is 24.5 Å². The van der Waals surface area contributed by atoms with Crippen LogP contribution in [0.25, 0.3) is 0 Å². The smallest absolute Gasteiger partial charge is 0.254 e. The molecule has 0 radical (unpaired) electrons. The SMILES string of the molecule is CC[Si](C)(CC)CCCCCCCC[Si](CCCCCCCC[Si](C)(CC)CC)(Oc1c(F)cc(F)c(F)c1F)C1CCCCC1. The summed E-state index contributed by atoms with van der Waals surface area (Å²) in [5.41, 5.74) is 0.310. The monoisotopic (exact) mass is 702 g/mol. The highest BCUT2D eigenvalue weighted by Gasteiger charge is 2.45. The maximum atomic E-state index is 15.1. The van der Waals surface area contributed by atoms with Gasteiger partial charge in [0.2, 0.25) is 5.82 Å². The predicted molar refractivity (Wildman–Crippen MR) is 199 cm³/mol. The van der Waals surface area contributed by atoms with Crippen molar-refractivity contribution in [2.45, 2.75) is 204 Å². The number of hydrogen-bond acceptors (Lipinski definition) is 1. The van der Waals surface area contributed by atoms with Crippen molar-refractivity contribution in [2.75, 3.05) is 0 Å². The molecule has 0 bridgehead atoms. The maximum absolute atomic E-state index is 15.1. The second-order valence-electron chi connectivity index (χ2n) is 15.6. The molecule has 2 rings (SSSR count). The van der Waals surface area contributed by atoms with Crippen LogP contribution in [0.5, 0.6) is 5.75 Å². The van der Waals surface area contributed by atoms with Gasteiger partial charge < -0.3 is 4.43 Å². The van der Waals surface area contributed by atoms with Gasteiger partial charge >= 0.3 is 0 Å². The Labute approximate surface area is 284 Å². The molecule has 0 spiro atoms. The fourth-order valence-electron chi connectivity index (χ4n) is 7.77. The van der Waals surface area contributed by atoms with E-state index in [1.807, 2.05) is 0 Å². The van der Waals surface area contributed by atoms with Crippen LogP contribution in [-0.2, 0) is 0 Å². The summed E-state index contributed by atoms with van der Waals surface area (Å²) in [4.78, 5) is 0. The van der Waals surface area contributed by atoms with Crippen LogP contribution >= 0.6 is 0 Å². The van der Waals surface area contributed by atoms with Crippen LogP contribution in [0.3, 0.4) is 0 Å². The molecule has 0 saturated heterocycles. The molecule has 46 heavy (non-hydrogen) atoms. The summed E-state index contributed by atoms with van der Waals surface area (Å²) in [5.74, 6) is -6.37. The standard InChI is InChI=1S/C38H70F4OSi3/c1-7-44(5,8-2)28-22-15-11-13-17-24-30-46(33-26-20-19-21-27-33,43-38-35(40)32-34(39)36(41)37(38)42)31-25-18-14-12-16-23-29-45(6,9-3)10-4/h32-33H,7-31H2,1-6H3. The molecule has 0 unspecified atom stereocenters. The lowest BCUT2D eigenvalue weighted by Crippen LogP contribution is -2.47. The molecule has 0 N–H and O–H groups in total. The van der Waals surface area contributed by atoms with Gasteiger partial charge in [-0.3, -0.25) is 0 Å². The fraction of sp³-hybridized carbons (Fsp3) is 0.842. The third-order valence-corrected chi connectivity index (χ3v) is 27.4. The Morgan fingerprint density at radius 1 is 0.543 bits per heavy atom. The summed E-state index contributed by atoms with van der Waals surface area (Å²) in [6.07, 6.45) is 19.7. The van der Waals surface area contributed by atoms with E-state index in [9.17, 15) is 8.78 Å². The van der Waals surface area contributed by atoms with Crippen LogP contribution in [-0.4, -0.2) is 24.5 Å². The minimum Gasteiger partial charge on any atom is -0.539 e. The molecule has 268 valence electrons. The van der Waals surface area contributed by atoms with Crippen molar-refractivity contribution in [1.82, 2.24) is 0 Å². The van der Waals surface area contributed by atoms with Crippen LogP contribution < -0.4 is 4.43 Å². The Bertz CT molecular complexity index is 943. The zero-order valence-electron chi connectivity index (χ0n) is 30.8. The summed E-state index contributed by atoms with van der Waals surface area (Å²) in [5, 5.41) is 0. The molecular formula is C38H70F4OSi3.